The number of nitrogens with one attached hydrogen (secondary N) is 1. The van der Waals surface area contributed by atoms with Gasteiger partial charge < -0.3 is 10.1 Å². The molecule has 0 bridgehead atoms. The molecule has 0 spiro atoms. The van der Waals surface area contributed by atoms with Crippen LogP contribution >= 0.6 is 0 Å². The predicted molar refractivity (Wildman–Crippen MR) is 65.1 cm³/mol. The summed E-state index contributed by atoms with van der Waals surface area (Å²) in [5, 5.41) is 3.60. The van der Waals surface area contributed by atoms with E-state index < -0.39 is 0 Å². The Bertz CT molecular complexity index is 175. The van der Waals surface area contributed by atoms with Crippen LogP contribution in [0.3, 0.4) is 0 Å². The lowest BCUT2D eigenvalue weighted by atomic mass is 9.65. The number of ether oxygens (including phenoxy) is 1. The smallest absolute Gasteiger partial charge is 0.0549 e. The van der Waals surface area contributed by atoms with Crippen molar-refractivity contribution in [2.24, 2.45) is 11.3 Å². The largest absolute Gasteiger partial charge is 0.382 e. The van der Waals surface area contributed by atoms with Crippen LogP contribution in [-0.4, -0.2) is 26.3 Å². The van der Waals surface area contributed by atoms with Gasteiger partial charge >= 0.3 is 0 Å². The zero-order chi connectivity index (χ0) is 11.3. The van der Waals surface area contributed by atoms with Crippen LogP contribution in [0.1, 0.15) is 46.5 Å². The average molecular weight is 213 g/mol. The van der Waals surface area contributed by atoms with Crippen LogP contribution in [0.2, 0.25) is 0 Å². The first kappa shape index (κ1) is 13.0. The fourth-order valence-corrected chi connectivity index (χ4v) is 2.45. The van der Waals surface area contributed by atoms with Gasteiger partial charge in [0.15, 0.2) is 0 Å². The van der Waals surface area contributed by atoms with Crippen LogP contribution in [0.4, 0.5) is 0 Å². The summed E-state index contributed by atoms with van der Waals surface area (Å²) in [6.45, 7) is 9.03. The van der Waals surface area contributed by atoms with E-state index in [0.29, 0.717) is 11.5 Å². The van der Waals surface area contributed by atoms with Crippen molar-refractivity contribution in [2.75, 3.05) is 20.2 Å². The van der Waals surface area contributed by atoms with Gasteiger partial charge in [-0.1, -0.05) is 20.3 Å². The van der Waals surface area contributed by atoms with Gasteiger partial charge in [0.25, 0.3) is 0 Å². The summed E-state index contributed by atoms with van der Waals surface area (Å²) < 4.78 is 5.38. The third kappa shape index (κ3) is 4.12. The Kier molecular flexibility index (Phi) is 5.07. The zero-order valence-corrected chi connectivity index (χ0v) is 10.8. The second-order valence-corrected chi connectivity index (χ2v) is 5.63. The van der Waals surface area contributed by atoms with Crippen molar-refractivity contribution < 1.29 is 4.74 Å². The van der Waals surface area contributed by atoms with Crippen molar-refractivity contribution in [1.29, 1.82) is 0 Å². The number of hydrogen-bond donors (Lipinski definition) is 1. The normalized spacial score (nSPS) is 21.4. The zero-order valence-electron chi connectivity index (χ0n) is 10.8. The minimum atomic E-state index is 0.408. The van der Waals surface area contributed by atoms with Crippen molar-refractivity contribution in [3.05, 3.63) is 0 Å². The quantitative estimate of drug-likeness (QED) is 0.702. The van der Waals surface area contributed by atoms with Crippen LogP contribution in [0.5, 0.6) is 0 Å². The molecule has 1 aliphatic rings. The van der Waals surface area contributed by atoms with Crippen molar-refractivity contribution >= 4 is 0 Å². The molecule has 2 heteroatoms. The van der Waals surface area contributed by atoms with E-state index in [4.69, 9.17) is 4.74 Å². The van der Waals surface area contributed by atoms with Gasteiger partial charge in [-0.2, -0.15) is 0 Å². The van der Waals surface area contributed by atoms with Crippen molar-refractivity contribution in [3.8, 4) is 0 Å². The lowest BCUT2D eigenvalue weighted by Crippen LogP contribution is -2.43. The lowest BCUT2D eigenvalue weighted by Gasteiger charge is -2.43. The molecule has 0 saturated heterocycles. The van der Waals surface area contributed by atoms with E-state index in [1.165, 1.54) is 32.2 Å². The van der Waals surface area contributed by atoms with Crippen LogP contribution < -0.4 is 5.32 Å². The standard InChI is InChI=1S/C13H27NO/c1-11(2)9-14-10-13(6-5-7-13)8-12(3)15-4/h11-12,14H,5-10H2,1-4H3. The molecule has 0 amide bonds. The van der Waals surface area contributed by atoms with Gasteiger partial charge in [-0.3, -0.25) is 0 Å². The maximum atomic E-state index is 5.38. The molecule has 0 aromatic rings. The second-order valence-electron chi connectivity index (χ2n) is 5.63. The SMILES string of the molecule is COC(C)CC1(CNCC(C)C)CCC1. The summed E-state index contributed by atoms with van der Waals surface area (Å²) in [5.41, 5.74) is 0.546. The summed E-state index contributed by atoms with van der Waals surface area (Å²) in [5.74, 6) is 0.752. The summed E-state index contributed by atoms with van der Waals surface area (Å²) >= 11 is 0. The lowest BCUT2D eigenvalue weighted by molar-refractivity contribution is 0.0230. The van der Waals surface area contributed by atoms with Crippen molar-refractivity contribution in [2.45, 2.75) is 52.6 Å². The Morgan fingerprint density at radius 3 is 2.33 bits per heavy atom. The molecule has 0 radical (unpaired) electrons. The summed E-state index contributed by atoms with van der Waals surface area (Å²) in [7, 11) is 1.82. The van der Waals surface area contributed by atoms with E-state index in [2.05, 4.69) is 26.1 Å². The first-order valence-electron chi connectivity index (χ1n) is 6.31. The topological polar surface area (TPSA) is 21.3 Å². The summed E-state index contributed by atoms with van der Waals surface area (Å²) in [6.07, 6.45) is 5.79. The molecule has 1 unspecified atom stereocenters. The van der Waals surface area contributed by atoms with E-state index in [0.717, 1.165) is 12.5 Å². The van der Waals surface area contributed by atoms with Crippen molar-refractivity contribution in [1.82, 2.24) is 5.32 Å². The Balaban J connectivity index is 2.26. The summed E-state index contributed by atoms with van der Waals surface area (Å²) in [6, 6.07) is 0. The predicted octanol–water partition coefficient (Wildman–Crippen LogP) is 2.83. The van der Waals surface area contributed by atoms with Crippen LogP contribution in [0, 0.1) is 11.3 Å². The van der Waals surface area contributed by atoms with Gasteiger partial charge in [-0.25, -0.2) is 0 Å². The molecule has 1 saturated carbocycles. The Morgan fingerprint density at radius 2 is 1.93 bits per heavy atom. The molecule has 1 atom stereocenters. The van der Waals surface area contributed by atoms with Crippen LogP contribution in [-0.2, 0) is 4.74 Å². The molecule has 1 fully saturated rings. The molecule has 90 valence electrons. The van der Waals surface area contributed by atoms with E-state index in [1.807, 2.05) is 7.11 Å². The molecule has 0 aliphatic heterocycles. The highest BCUT2D eigenvalue weighted by atomic mass is 16.5. The highest BCUT2D eigenvalue weighted by molar-refractivity contribution is 4.91. The van der Waals surface area contributed by atoms with Gasteiger partial charge in [0.1, 0.15) is 0 Å². The molecule has 2 nitrogen and oxygen atoms in total. The second kappa shape index (κ2) is 5.86. The third-order valence-electron chi connectivity index (χ3n) is 3.59. The van der Waals surface area contributed by atoms with Gasteiger partial charge in [0.2, 0.25) is 0 Å². The molecule has 1 aliphatic carbocycles. The fourth-order valence-electron chi connectivity index (χ4n) is 2.45. The van der Waals surface area contributed by atoms with E-state index >= 15 is 0 Å². The van der Waals surface area contributed by atoms with Gasteiger partial charge in [0, 0.05) is 13.7 Å². The average Bonchev–Trinajstić information content (AvgIpc) is 2.13. The molecule has 0 heterocycles. The minimum absolute atomic E-state index is 0.408. The molecule has 0 aromatic heterocycles. The first-order chi connectivity index (χ1) is 7.08. The van der Waals surface area contributed by atoms with Gasteiger partial charge in [0.05, 0.1) is 6.10 Å². The molecule has 15 heavy (non-hydrogen) atoms. The fraction of sp³-hybridized carbons (Fsp3) is 1.00. The number of rotatable bonds is 7. The first-order valence-corrected chi connectivity index (χ1v) is 6.31. The number of methoxy groups -OCH3 is 1. The van der Waals surface area contributed by atoms with Gasteiger partial charge in [-0.05, 0) is 44.1 Å². The number of hydrogen-bond acceptors (Lipinski definition) is 2. The molecular weight excluding hydrogens is 186 g/mol. The maximum absolute atomic E-state index is 5.38. The van der Waals surface area contributed by atoms with Crippen LogP contribution in [0.25, 0.3) is 0 Å². The van der Waals surface area contributed by atoms with E-state index in [-0.39, 0.29) is 0 Å². The summed E-state index contributed by atoms with van der Waals surface area (Å²) in [4.78, 5) is 0. The molecular formula is C13H27NO. The highest BCUT2D eigenvalue weighted by Gasteiger charge is 2.37. The monoisotopic (exact) mass is 213 g/mol. The molecule has 1 rings (SSSR count). The Hall–Kier alpha value is -0.0800. The van der Waals surface area contributed by atoms with E-state index in [9.17, 15) is 0 Å². The Labute approximate surface area is 94.8 Å². The van der Waals surface area contributed by atoms with Gasteiger partial charge in [-0.15, -0.1) is 0 Å². The van der Waals surface area contributed by atoms with Crippen LogP contribution in [0.15, 0.2) is 0 Å². The highest BCUT2D eigenvalue weighted by Crippen LogP contribution is 2.44. The maximum Gasteiger partial charge on any atom is 0.0549 e. The third-order valence-corrected chi connectivity index (χ3v) is 3.59. The van der Waals surface area contributed by atoms with E-state index in [1.54, 1.807) is 0 Å². The minimum Gasteiger partial charge on any atom is -0.382 e. The Morgan fingerprint density at radius 1 is 1.27 bits per heavy atom. The molecule has 0 aromatic carbocycles. The van der Waals surface area contributed by atoms with Crippen molar-refractivity contribution in [3.63, 3.8) is 0 Å². The molecule has 1 N–H and O–H groups in total.